The second-order valence-electron chi connectivity index (χ2n) is 7.13. The molecule has 0 aliphatic rings. The number of aryl methyl sites for hydroxylation is 2. The first kappa shape index (κ1) is 20.4. The Kier molecular flexibility index (Phi) is 5.58. The summed E-state index contributed by atoms with van der Waals surface area (Å²) in [4.78, 5) is 8.74. The van der Waals surface area contributed by atoms with Crippen molar-refractivity contribution in [1.29, 1.82) is 0 Å². The van der Waals surface area contributed by atoms with E-state index in [0.717, 1.165) is 22.8 Å². The monoisotopic (exact) mass is 418 g/mol. The second-order valence-corrected chi connectivity index (χ2v) is 7.13. The highest BCUT2D eigenvalue weighted by Gasteiger charge is 2.18. The molecule has 0 unspecified atom stereocenters. The molecule has 0 atom stereocenters. The van der Waals surface area contributed by atoms with Gasteiger partial charge in [-0.3, -0.25) is 0 Å². The Morgan fingerprint density at radius 2 is 1.77 bits per heavy atom. The number of nitrogens with zero attached hydrogens (tertiary/aromatic N) is 3. The summed E-state index contributed by atoms with van der Waals surface area (Å²) in [7, 11) is 1.74. The molecule has 4 aromatic rings. The van der Waals surface area contributed by atoms with Crippen molar-refractivity contribution >= 4 is 17.5 Å². The fourth-order valence-electron chi connectivity index (χ4n) is 3.23. The molecule has 0 amide bonds. The van der Waals surface area contributed by atoms with Crippen molar-refractivity contribution in [2.75, 3.05) is 12.4 Å². The minimum absolute atomic E-state index is 0.143. The van der Waals surface area contributed by atoms with E-state index in [1.807, 2.05) is 38.1 Å². The number of benzene rings is 2. The Hall–Kier alpha value is -3.87. The lowest BCUT2D eigenvalue weighted by molar-refractivity contribution is 0.409. The van der Waals surface area contributed by atoms with Gasteiger partial charge in [0.1, 0.15) is 17.5 Å². The average Bonchev–Trinajstić information content (AvgIpc) is 3.23. The van der Waals surface area contributed by atoms with Crippen molar-refractivity contribution in [2.24, 2.45) is 0 Å². The fourth-order valence-corrected chi connectivity index (χ4v) is 3.23. The summed E-state index contributed by atoms with van der Waals surface area (Å²) in [5.41, 5.74) is 4.45. The molecule has 156 valence electrons. The molecular formula is C24H20F2N4O. The topological polar surface area (TPSA) is 63.8 Å². The van der Waals surface area contributed by atoms with Crippen LogP contribution in [0.4, 0.5) is 14.6 Å². The first-order chi connectivity index (χ1) is 14.9. The largest absolute Gasteiger partial charge is 0.373 e. The molecule has 2 aromatic heterocycles. The molecule has 0 fully saturated rings. The molecule has 2 aromatic carbocycles. The molecule has 0 bridgehead atoms. The normalized spacial score (nSPS) is 11.6. The molecule has 31 heavy (non-hydrogen) atoms. The van der Waals surface area contributed by atoms with Gasteiger partial charge in [-0.25, -0.2) is 13.8 Å². The molecule has 4 rings (SSSR count). The zero-order chi connectivity index (χ0) is 22.0. The minimum atomic E-state index is -0.689. The van der Waals surface area contributed by atoms with Crippen molar-refractivity contribution in [3.05, 3.63) is 94.5 Å². The number of aromatic nitrogens is 3. The van der Waals surface area contributed by atoms with Gasteiger partial charge in [-0.2, -0.15) is 4.98 Å². The summed E-state index contributed by atoms with van der Waals surface area (Å²) in [6.07, 6.45) is 3.43. The van der Waals surface area contributed by atoms with Crippen molar-refractivity contribution in [3.63, 3.8) is 0 Å². The smallest absolute Gasteiger partial charge is 0.258 e. The predicted octanol–water partition coefficient (Wildman–Crippen LogP) is 5.66. The molecule has 0 spiro atoms. The number of halogens is 2. The van der Waals surface area contributed by atoms with Crippen LogP contribution in [0.5, 0.6) is 0 Å². The summed E-state index contributed by atoms with van der Waals surface area (Å²) in [6.45, 7) is 4.02. The van der Waals surface area contributed by atoms with Crippen molar-refractivity contribution < 1.29 is 13.3 Å². The Balaban J connectivity index is 1.86. The highest BCUT2D eigenvalue weighted by atomic mass is 19.1. The Morgan fingerprint density at radius 1 is 1.00 bits per heavy atom. The third-order valence-electron chi connectivity index (χ3n) is 4.96. The lowest BCUT2D eigenvalue weighted by Crippen LogP contribution is -1.96. The average molecular weight is 418 g/mol. The van der Waals surface area contributed by atoms with Crippen LogP contribution in [0.15, 0.2) is 59.3 Å². The van der Waals surface area contributed by atoms with Crippen LogP contribution >= 0.6 is 0 Å². The molecule has 0 aliphatic carbocycles. The SMILES string of the molecule is CNc1ncccc1-c1noc(C(=Cc2ccc(C)c(C)c2)c2cc(F)cc(F)c2)n1. The number of hydrogen-bond acceptors (Lipinski definition) is 5. The second kappa shape index (κ2) is 8.47. The van der Waals surface area contributed by atoms with Gasteiger partial charge in [0.15, 0.2) is 0 Å². The predicted molar refractivity (Wildman–Crippen MR) is 116 cm³/mol. The summed E-state index contributed by atoms with van der Waals surface area (Å²) in [6, 6.07) is 12.8. The highest BCUT2D eigenvalue weighted by Crippen LogP contribution is 2.30. The summed E-state index contributed by atoms with van der Waals surface area (Å²) in [5.74, 6) is -0.332. The van der Waals surface area contributed by atoms with Crippen LogP contribution in [0.25, 0.3) is 23.0 Å². The number of pyridine rings is 1. The summed E-state index contributed by atoms with van der Waals surface area (Å²) >= 11 is 0. The molecule has 2 heterocycles. The maximum atomic E-state index is 14.0. The zero-order valence-corrected chi connectivity index (χ0v) is 17.3. The van der Waals surface area contributed by atoms with E-state index in [-0.39, 0.29) is 5.89 Å². The van der Waals surface area contributed by atoms with Gasteiger partial charge in [0.05, 0.1) is 5.56 Å². The summed E-state index contributed by atoms with van der Waals surface area (Å²) in [5, 5.41) is 7.05. The third kappa shape index (κ3) is 4.35. The van der Waals surface area contributed by atoms with Gasteiger partial charge in [-0.1, -0.05) is 23.4 Å². The van der Waals surface area contributed by atoms with Gasteiger partial charge in [0, 0.05) is 24.9 Å². The van der Waals surface area contributed by atoms with Gasteiger partial charge in [0.25, 0.3) is 5.89 Å². The Bertz CT molecular complexity index is 1260. The van der Waals surface area contributed by atoms with Gasteiger partial charge in [0.2, 0.25) is 5.82 Å². The highest BCUT2D eigenvalue weighted by molar-refractivity contribution is 5.89. The van der Waals surface area contributed by atoms with Crippen LogP contribution < -0.4 is 5.32 Å². The minimum Gasteiger partial charge on any atom is -0.373 e. The lowest BCUT2D eigenvalue weighted by atomic mass is 10.00. The van der Waals surface area contributed by atoms with Crippen LogP contribution in [0.2, 0.25) is 0 Å². The van der Waals surface area contributed by atoms with Gasteiger partial charge < -0.3 is 9.84 Å². The van der Waals surface area contributed by atoms with Crippen LogP contribution in [0, 0.1) is 25.5 Å². The molecule has 7 heteroatoms. The standard InChI is InChI=1S/C24H20F2N4O/c1-14-6-7-16(9-15(14)2)10-21(17-11-18(25)13-19(26)12-17)24-29-23(30-31-24)20-5-4-8-28-22(20)27-3/h4-13H,1-3H3,(H,27,28). The van der Waals surface area contributed by atoms with E-state index in [0.29, 0.717) is 28.3 Å². The van der Waals surface area contributed by atoms with Crippen molar-refractivity contribution in [2.45, 2.75) is 13.8 Å². The molecule has 0 aliphatic heterocycles. The van der Waals surface area contributed by atoms with E-state index >= 15 is 0 Å². The molecule has 1 N–H and O–H groups in total. The van der Waals surface area contributed by atoms with E-state index < -0.39 is 11.6 Å². The maximum absolute atomic E-state index is 14.0. The summed E-state index contributed by atoms with van der Waals surface area (Å²) < 4.78 is 33.5. The van der Waals surface area contributed by atoms with Crippen LogP contribution in [0.1, 0.15) is 28.1 Å². The first-order valence-corrected chi connectivity index (χ1v) is 9.67. The quantitative estimate of drug-likeness (QED) is 0.424. The lowest BCUT2D eigenvalue weighted by Gasteiger charge is -2.07. The zero-order valence-electron chi connectivity index (χ0n) is 17.3. The van der Waals surface area contributed by atoms with Crippen LogP contribution in [0.3, 0.4) is 0 Å². The van der Waals surface area contributed by atoms with E-state index in [1.165, 1.54) is 12.1 Å². The van der Waals surface area contributed by atoms with E-state index in [2.05, 4.69) is 20.4 Å². The van der Waals surface area contributed by atoms with Crippen molar-refractivity contribution in [3.8, 4) is 11.4 Å². The number of rotatable bonds is 5. The molecule has 0 saturated carbocycles. The van der Waals surface area contributed by atoms with E-state index in [9.17, 15) is 8.78 Å². The molecule has 5 nitrogen and oxygen atoms in total. The number of anilines is 1. The molecule has 0 saturated heterocycles. The Morgan fingerprint density at radius 3 is 2.48 bits per heavy atom. The number of nitrogens with one attached hydrogen (secondary N) is 1. The Labute approximate surface area is 178 Å². The van der Waals surface area contributed by atoms with Gasteiger partial charge in [-0.05, 0) is 66.4 Å². The van der Waals surface area contributed by atoms with Gasteiger partial charge in [-0.15, -0.1) is 0 Å². The van der Waals surface area contributed by atoms with Crippen LogP contribution in [-0.2, 0) is 0 Å². The fraction of sp³-hybridized carbons (Fsp3) is 0.125. The molecular weight excluding hydrogens is 398 g/mol. The maximum Gasteiger partial charge on any atom is 0.258 e. The van der Waals surface area contributed by atoms with Crippen LogP contribution in [-0.4, -0.2) is 22.2 Å². The van der Waals surface area contributed by atoms with Crippen molar-refractivity contribution in [1.82, 2.24) is 15.1 Å². The number of hydrogen-bond donors (Lipinski definition) is 1. The molecule has 0 radical (unpaired) electrons. The van der Waals surface area contributed by atoms with E-state index in [1.54, 1.807) is 25.4 Å². The van der Waals surface area contributed by atoms with E-state index in [4.69, 9.17) is 4.52 Å². The first-order valence-electron chi connectivity index (χ1n) is 9.67. The third-order valence-corrected chi connectivity index (χ3v) is 4.96. The van der Waals surface area contributed by atoms with Gasteiger partial charge >= 0.3 is 0 Å².